The van der Waals surface area contributed by atoms with Crippen molar-refractivity contribution in [3.05, 3.63) is 0 Å². The summed E-state index contributed by atoms with van der Waals surface area (Å²) in [6.07, 6.45) is -1.04. The standard InChI is InChI=1S/C6H7Cl2N3O3.Na.H/c7-10-2-9-6(11(8)3-10)5(14)4(13)1-12;;/h1,6,9H,2-3H2;;. The average molecular weight is 264 g/mol. The number of hydrogen-bond acceptors (Lipinski definition) is 6. The van der Waals surface area contributed by atoms with Gasteiger partial charge in [0.2, 0.25) is 5.78 Å². The number of carbonyl (C=O) groups excluding carboxylic acids is 3. The number of hydrogen-bond donors (Lipinski definition) is 1. The fraction of sp³-hybridized carbons (Fsp3) is 0.500. The van der Waals surface area contributed by atoms with Gasteiger partial charge < -0.3 is 0 Å². The normalized spacial score (nSPS) is 22.9. The molecule has 1 saturated heterocycles. The molecule has 0 amide bonds. The molecule has 0 aromatic rings. The van der Waals surface area contributed by atoms with Gasteiger partial charge in [-0.05, 0) is 23.6 Å². The van der Waals surface area contributed by atoms with Crippen LogP contribution in [0.3, 0.4) is 0 Å². The monoisotopic (exact) mass is 263 g/mol. The molecule has 1 heterocycles. The number of halogens is 2. The predicted octanol–water partition coefficient (Wildman–Crippen LogP) is -1.57. The molecule has 0 radical (unpaired) electrons. The van der Waals surface area contributed by atoms with Gasteiger partial charge in [0.1, 0.15) is 6.17 Å². The molecule has 1 atom stereocenters. The van der Waals surface area contributed by atoms with E-state index in [1.165, 1.54) is 4.42 Å². The first kappa shape index (κ1) is 15.5. The molecule has 0 saturated carbocycles. The number of carbonyl (C=O) groups is 3. The molecule has 9 heteroatoms. The maximum atomic E-state index is 11.2. The van der Waals surface area contributed by atoms with Gasteiger partial charge in [0.05, 0.1) is 13.3 Å². The van der Waals surface area contributed by atoms with Crippen molar-refractivity contribution in [2.24, 2.45) is 0 Å². The van der Waals surface area contributed by atoms with E-state index in [1.54, 1.807) is 0 Å². The fourth-order valence-electron chi connectivity index (χ4n) is 0.976. The van der Waals surface area contributed by atoms with Crippen LogP contribution in [0.1, 0.15) is 0 Å². The average Bonchev–Trinajstić information content (AvgIpc) is 2.15. The summed E-state index contributed by atoms with van der Waals surface area (Å²) < 4.78 is 2.29. The van der Waals surface area contributed by atoms with Crippen molar-refractivity contribution in [1.29, 1.82) is 0 Å². The first-order valence-electron chi connectivity index (χ1n) is 3.66. The van der Waals surface area contributed by atoms with Crippen LogP contribution in [0.25, 0.3) is 0 Å². The zero-order valence-electron chi connectivity index (χ0n) is 6.94. The molecule has 0 aromatic carbocycles. The van der Waals surface area contributed by atoms with Crippen LogP contribution in [0.2, 0.25) is 0 Å². The van der Waals surface area contributed by atoms with Gasteiger partial charge in [-0.3, -0.25) is 19.7 Å². The second-order valence-electron chi connectivity index (χ2n) is 2.61. The van der Waals surface area contributed by atoms with E-state index in [0.717, 1.165) is 4.42 Å². The molecule has 0 aliphatic carbocycles. The molecule has 0 spiro atoms. The topological polar surface area (TPSA) is 69.7 Å². The van der Waals surface area contributed by atoms with Gasteiger partial charge >= 0.3 is 29.6 Å². The van der Waals surface area contributed by atoms with E-state index in [2.05, 4.69) is 5.32 Å². The van der Waals surface area contributed by atoms with Gasteiger partial charge in [0, 0.05) is 0 Å². The SMILES string of the molecule is O=CC(=O)C(=O)C1NCN(Cl)CN1Cl.[NaH]. The Kier molecular flexibility index (Phi) is 7.14. The molecule has 1 aliphatic rings. The molecule has 6 nitrogen and oxygen atoms in total. The van der Waals surface area contributed by atoms with Gasteiger partial charge in [-0.25, -0.2) is 0 Å². The van der Waals surface area contributed by atoms with Gasteiger partial charge in [0.15, 0.2) is 6.29 Å². The van der Waals surface area contributed by atoms with E-state index < -0.39 is 17.7 Å². The predicted molar refractivity (Wildman–Crippen MR) is 55.3 cm³/mol. The van der Waals surface area contributed by atoms with Gasteiger partial charge in [0.25, 0.3) is 5.78 Å². The summed E-state index contributed by atoms with van der Waals surface area (Å²) in [7, 11) is 0. The van der Waals surface area contributed by atoms with E-state index in [-0.39, 0.29) is 49.2 Å². The van der Waals surface area contributed by atoms with E-state index in [9.17, 15) is 14.4 Å². The van der Waals surface area contributed by atoms with Crippen molar-refractivity contribution in [3.8, 4) is 0 Å². The molecule has 80 valence electrons. The summed E-state index contributed by atoms with van der Waals surface area (Å²) in [5, 5.41) is 2.59. The molecular formula is C6H8Cl2N3NaO3. The van der Waals surface area contributed by atoms with Crippen molar-refractivity contribution in [1.82, 2.24) is 14.2 Å². The van der Waals surface area contributed by atoms with Crippen LogP contribution in [0, 0.1) is 0 Å². The Bertz CT molecular complexity index is 278. The number of ketones is 2. The third-order valence-corrected chi connectivity index (χ3v) is 2.15. The van der Waals surface area contributed by atoms with Crippen LogP contribution < -0.4 is 5.32 Å². The molecule has 1 N–H and O–H groups in total. The Hall–Kier alpha value is 0.470. The fourth-order valence-corrected chi connectivity index (χ4v) is 1.50. The molecule has 1 aliphatic heterocycles. The molecule has 1 rings (SSSR count). The van der Waals surface area contributed by atoms with Crippen LogP contribution in [-0.2, 0) is 14.4 Å². The van der Waals surface area contributed by atoms with Gasteiger partial charge in [-0.2, -0.15) is 8.84 Å². The Labute approximate surface area is 118 Å². The van der Waals surface area contributed by atoms with Crippen LogP contribution in [0.4, 0.5) is 0 Å². The van der Waals surface area contributed by atoms with Gasteiger partial charge in [-0.1, -0.05) is 0 Å². The number of rotatable bonds is 3. The maximum absolute atomic E-state index is 11.2. The molecule has 1 fully saturated rings. The number of nitrogens with zero attached hydrogens (tertiary/aromatic N) is 2. The van der Waals surface area contributed by atoms with E-state index in [4.69, 9.17) is 23.6 Å². The zero-order valence-corrected chi connectivity index (χ0v) is 8.46. The van der Waals surface area contributed by atoms with Crippen LogP contribution in [0.5, 0.6) is 0 Å². The zero-order chi connectivity index (χ0) is 10.7. The molecular weight excluding hydrogens is 256 g/mol. The molecule has 0 aromatic heterocycles. The Balaban J connectivity index is 0.00000196. The van der Waals surface area contributed by atoms with Crippen molar-refractivity contribution < 1.29 is 14.4 Å². The van der Waals surface area contributed by atoms with Crippen LogP contribution in [-0.4, -0.2) is 75.8 Å². The second-order valence-corrected chi connectivity index (χ2v) is 3.53. The summed E-state index contributed by atoms with van der Waals surface area (Å²) in [5.41, 5.74) is 0. The second kappa shape index (κ2) is 6.93. The van der Waals surface area contributed by atoms with E-state index in [0.29, 0.717) is 0 Å². The van der Waals surface area contributed by atoms with Crippen molar-refractivity contribution in [2.45, 2.75) is 6.17 Å². The van der Waals surface area contributed by atoms with E-state index >= 15 is 0 Å². The Morgan fingerprint density at radius 2 is 2.00 bits per heavy atom. The van der Waals surface area contributed by atoms with Crippen LogP contribution in [0.15, 0.2) is 0 Å². The molecule has 1 unspecified atom stereocenters. The van der Waals surface area contributed by atoms with E-state index in [1.807, 2.05) is 0 Å². The van der Waals surface area contributed by atoms with Gasteiger partial charge in [-0.15, -0.1) is 0 Å². The van der Waals surface area contributed by atoms with Crippen molar-refractivity contribution >= 4 is 71.0 Å². The first-order valence-corrected chi connectivity index (χ1v) is 4.33. The molecule has 15 heavy (non-hydrogen) atoms. The van der Waals surface area contributed by atoms with Crippen molar-refractivity contribution in [3.63, 3.8) is 0 Å². The third kappa shape index (κ3) is 4.08. The Morgan fingerprint density at radius 1 is 1.40 bits per heavy atom. The third-order valence-electron chi connectivity index (χ3n) is 1.62. The summed E-state index contributed by atoms with van der Waals surface area (Å²) in [5.74, 6) is -2.00. The molecule has 0 bridgehead atoms. The minimum atomic E-state index is -1.11. The Morgan fingerprint density at radius 3 is 2.47 bits per heavy atom. The summed E-state index contributed by atoms with van der Waals surface area (Å²) in [6.45, 7) is 0.311. The van der Waals surface area contributed by atoms with Crippen molar-refractivity contribution in [2.75, 3.05) is 13.3 Å². The number of Topliss-reactive ketones (excluding diaryl/α,β-unsaturated/α-hetero) is 2. The number of aldehydes is 1. The number of nitrogens with one attached hydrogen (secondary N) is 1. The quantitative estimate of drug-likeness (QED) is 0.218. The summed E-state index contributed by atoms with van der Waals surface area (Å²) in [6, 6.07) is 0. The first-order chi connectivity index (χ1) is 6.56. The summed E-state index contributed by atoms with van der Waals surface area (Å²) in [4.78, 5) is 32.0. The summed E-state index contributed by atoms with van der Waals surface area (Å²) >= 11 is 11.2. The van der Waals surface area contributed by atoms with Crippen LogP contribution >= 0.6 is 23.6 Å². The minimum absolute atomic E-state index is 0.